The first kappa shape index (κ1) is 16.4. The van der Waals surface area contributed by atoms with E-state index in [2.05, 4.69) is 27.0 Å². The minimum atomic E-state index is 0.280. The van der Waals surface area contributed by atoms with Gasteiger partial charge in [0.2, 0.25) is 6.79 Å². The lowest BCUT2D eigenvalue weighted by molar-refractivity contribution is 0.174. The number of benzene rings is 1. The second-order valence-electron chi connectivity index (χ2n) is 6.74. The second kappa shape index (κ2) is 6.75. The van der Waals surface area contributed by atoms with Gasteiger partial charge in [0.1, 0.15) is 0 Å². The van der Waals surface area contributed by atoms with Crippen molar-refractivity contribution < 1.29 is 9.47 Å². The van der Waals surface area contributed by atoms with Crippen molar-refractivity contribution in [1.29, 1.82) is 0 Å². The van der Waals surface area contributed by atoms with E-state index in [0.717, 1.165) is 54.5 Å². The number of pyridine rings is 1. The lowest BCUT2D eigenvalue weighted by Gasteiger charge is -2.27. The molecule has 5 rings (SSSR count). The molecule has 2 aliphatic heterocycles. The molecule has 1 N–H and O–H groups in total. The van der Waals surface area contributed by atoms with E-state index in [9.17, 15) is 0 Å². The quantitative estimate of drug-likeness (QED) is 0.704. The average Bonchev–Trinajstić information content (AvgIpc) is 3.16. The number of fused-ring (bicyclic) bond motifs is 2. The van der Waals surface area contributed by atoms with E-state index in [1.807, 2.05) is 30.5 Å². The molecule has 0 bridgehead atoms. The highest BCUT2D eigenvalue weighted by atomic mass is 32.1. The number of ether oxygens (including phenoxy) is 2. The van der Waals surface area contributed by atoms with Crippen LogP contribution in [0.25, 0.3) is 11.3 Å². The van der Waals surface area contributed by atoms with E-state index in [1.165, 1.54) is 11.3 Å². The molecule has 2 aliphatic rings. The third-order valence-electron chi connectivity index (χ3n) is 4.92. The summed E-state index contributed by atoms with van der Waals surface area (Å²) in [7, 11) is 0. The van der Waals surface area contributed by atoms with Gasteiger partial charge in [0, 0.05) is 49.1 Å². The minimum absolute atomic E-state index is 0.280. The van der Waals surface area contributed by atoms with Crippen molar-refractivity contribution in [3.8, 4) is 22.8 Å². The molecule has 7 heteroatoms. The van der Waals surface area contributed by atoms with Crippen molar-refractivity contribution in [2.45, 2.75) is 19.5 Å². The topological polar surface area (TPSA) is 63.3 Å². The van der Waals surface area contributed by atoms with Gasteiger partial charge < -0.3 is 14.5 Å². The monoisotopic (exact) mass is 378 g/mol. The Morgan fingerprint density at radius 2 is 2.07 bits per heavy atom. The lowest BCUT2D eigenvalue weighted by Crippen LogP contribution is -2.31. The summed E-state index contributed by atoms with van der Waals surface area (Å²) in [5.41, 5.74) is 5.43. The number of rotatable bonds is 3. The van der Waals surface area contributed by atoms with Crippen molar-refractivity contribution in [2.24, 2.45) is 0 Å². The molecule has 0 saturated heterocycles. The number of nitrogens with one attached hydrogen (secondary N) is 1. The van der Waals surface area contributed by atoms with Crippen LogP contribution in [-0.4, -0.2) is 33.2 Å². The van der Waals surface area contributed by atoms with Crippen molar-refractivity contribution in [1.82, 2.24) is 19.9 Å². The molecule has 6 nitrogen and oxygen atoms in total. The fourth-order valence-electron chi connectivity index (χ4n) is 3.55. The predicted molar refractivity (Wildman–Crippen MR) is 103 cm³/mol. The van der Waals surface area contributed by atoms with Crippen molar-refractivity contribution in [3.63, 3.8) is 0 Å². The summed E-state index contributed by atoms with van der Waals surface area (Å²) in [6.45, 7) is 2.90. The van der Waals surface area contributed by atoms with Gasteiger partial charge >= 0.3 is 0 Å². The molecule has 1 aromatic carbocycles. The molecule has 0 aliphatic carbocycles. The maximum Gasteiger partial charge on any atom is 0.231 e. The van der Waals surface area contributed by atoms with Gasteiger partial charge in [-0.3, -0.25) is 9.88 Å². The molecule has 27 heavy (non-hydrogen) atoms. The summed E-state index contributed by atoms with van der Waals surface area (Å²) in [5.74, 6) is 1.56. The normalized spacial score (nSPS) is 15.6. The fourth-order valence-corrected chi connectivity index (χ4v) is 3.73. The van der Waals surface area contributed by atoms with Crippen LogP contribution in [0, 0.1) is 4.77 Å². The summed E-state index contributed by atoms with van der Waals surface area (Å²) >= 11 is 5.12. The number of aromatic amines is 1. The van der Waals surface area contributed by atoms with Crippen LogP contribution in [0.2, 0.25) is 0 Å². The molecule has 0 atom stereocenters. The SMILES string of the molecule is S=c1ncc2c([nH]1)CCN(Cc1cccc(-c3ccc4c(c3)OCO4)n1)C2. The summed E-state index contributed by atoms with van der Waals surface area (Å²) in [6, 6.07) is 12.1. The average molecular weight is 378 g/mol. The van der Waals surface area contributed by atoms with Crippen molar-refractivity contribution >= 4 is 12.2 Å². The standard InChI is InChI=1S/C20H18N4O2S/c27-20-21-9-14-10-24(7-6-17(14)23-20)11-15-2-1-3-16(22-15)13-4-5-18-19(8-13)26-12-25-18/h1-5,8-9H,6-7,10-12H2,(H,21,23,27). The molecule has 0 fully saturated rings. The highest BCUT2D eigenvalue weighted by molar-refractivity contribution is 7.71. The van der Waals surface area contributed by atoms with E-state index in [-0.39, 0.29) is 6.79 Å². The molecule has 136 valence electrons. The number of hydrogen-bond acceptors (Lipinski definition) is 6. The zero-order valence-electron chi connectivity index (χ0n) is 14.6. The first-order chi connectivity index (χ1) is 13.2. The smallest absolute Gasteiger partial charge is 0.231 e. The van der Waals surface area contributed by atoms with Gasteiger partial charge in [-0.2, -0.15) is 0 Å². The molecule has 2 aromatic heterocycles. The third kappa shape index (κ3) is 3.31. The van der Waals surface area contributed by atoms with Gasteiger partial charge in [-0.1, -0.05) is 6.07 Å². The molecule has 0 radical (unpaired) electrons. The summed E-state index contributed by atoms with van der Waals surface area (Å²) in [5, 5.41) is 0. The van der Waals surface area contributed by atoms with Crippen LogP contribution in [0.1, 0.15) is 17.0 Å². The predicted octanol–water partition coefficient (Wildman–Crippen LogP) is 3.49. The van der Waals surface area contributed by atoms with E-state index in [0.29, 0.717) is 4.77 Å². The van der Waals surface area contributed by atoms with Crippen LogP contribution in [0.3, 0.4) is 0 Å². The highest BCUT2D eigenvalue weighted by Gasteiger charge is 2.18. The van der Waals surface area contributed by atoms with Crippen LogP contribution >= 0.6 is 12.2 Å². The largest absolute Gasteiger partial charge is 0.454 e. The zero-order chi connectivity index (χ0) is 18.2. The highest BCUT2D eigenvalue weighted by Crippen LogP contribution is 2.35. The van der Waals surface area contributed by atoms with Gasteiger partial charge in [0.25, 0.3) is 0 Å². The molecule has 0 amide bonds. The van der Waals surface area contributed by atoms with Gasteiger partial charge in [0.05, 0.1) is 11.4 Å². The van der Waals surface area contributed by atoms with Crippen LogP contribution < -0.4 is 9.47 Å². The van der Waals surface area contributed by atoms with Crippen LogP contribution in [0.5, 0.6) is 11.5 Å². The Bertz CT molecular complexity index is 1070. The Balaban J connectivity index is 1.35. The van der Waals surface area contributed by atoms with E-state index >= 15 is 0 Å². The van der Waals surface area contributed by atoms with Crippen LogP contribution in [0.15, 0.2) is 42.6 Å². The Kier molecular flexibility index (Phi) is 4.10. The lowest BCUT2D eigenvalue weighted by atomic mass is 10.1. The van der Waals surface area contributed by atoms with Crippen LogP contribution in [-0.2, 0) is 19.5 Å². The first-order valence-electron chi connectivity index (χ1n) is 8.90. The fraction of sp³-hybridized carbons (Fsp3) is 0.250. The van der Waals surface area contributed by atoms with E-state index in [4.69, 9.17) is 26.7 Å². The zero-order valence-corrected chi connectivity index (χ0v) is 15.5. The van der Waals surface area contributed by atoms with Crippen LogP contribution in [0.4, 0.5) is 0 Å². The molecule has 0 saturated carbocycles. The molecule has 3 aromatic rings. The second-order valence-corrected chi connectivity index (χ2v) is 7.12. The summed E-state index contributed by atoms with van der Waals surface area (Å²) in [6.07, 6.45) is 2.83. The summed E-state index contributed by atoms with van der Waals surface area (Å²) in [4.78, 5) is 14.6. The number of hydrogen-bond donors (Lipinski definition) is 1. The Morgan fingerprint density at radius 1 is 1.15 bits per heavy atom. The number of H-pyrrole nitrogens is 1. The molecular weight excluding hydrogens is 360 g/mol. The molecule has 0 spiro atoms. The van der Waals surface area contributed by atoms with Crippen molar-refractivity contribution in [3.05, 3.63) is 64.3 Å². The van der Waals surface area contributed by atoms with Crippen molar-refractivity contribution in [2.75, 3.05) is 13.3 Å². The number of nitrogens with zero attached hydrogens (tertiary/aromatic N) is 3. The Morgan fingerprint density at radius 3 is 3.04 bits per heavy atom. The van der Waals surface area contributed by atoms with E-state index < -0.39 is 0 Å². The van der Waals surface area contributed by atoms with Gasteiger partial charge in [-0.05, 0) is 42.5 Å². The number of aromatic nitrogens is 3. The third-order valence-corrected chi connectivity index (χ3v) is 5.12. The first-order valence-corrected chi connectivity index (χ1v) is 9.31. The Hall–Kier alpha value is -2.77. The molecular formula is C20H18N4O2S. The molecule has 4 heterocycles. The summed E-state index contributed by atoms with van der Waals surface area (Å²) < 4.78 is 11.4. The molecule has 0 unspecified atom stereocenters. The maximum atomic E-state index is 5.48. The van der Waals surface area contributed by atoms with Gasteiger partial charge in [-0.25, -0.2) is 4.98 Å². The van der Waals surface area contributed by atoms with Gasteiger partial charge in [0.15, 0.2) is 16.3 Å². The minimum Gasteiger partial charge on any atom is -0.454 e. The Labute approximate surface area is 161 Å². The van der Waals surface area contributed by atoms with Gasteiger partial charge in [-0.15, -0.1) is 0 Å². The van der Waals surface area contributed by atoms with E-state index in [1.54, 1.807) is 0 Å². The maximum absolute atomic E-state index is 5.48.